The summed E-state index contributed by atoms with van der Waals surface area (Å²) in [7, 11) is 4.09. The molecule has 3 aromatic rings. The number of halogens is 6. The molecule has 0 fully saturated rings. The molecule has 0 aliphatic rings. The number of esters is 1. The third-order valence-electron chi connectivity index (χ3n) is 7.10. The second-order valence-corrected chi connectivity index (χ2v) is 9.96. The number of alkyl halides is 6. The molecule has 3 rings (SSSR count). The van der Waals surface area contributed by atoms with Crippen molar-refractivity contribution < 1.29 is 45.3 Å². The van der Waals surface area contributed by atoms with Crippen LogP contribution < -0.4 is 14.8 Å². The van der Waals surface area contributed by atoms with Crippen LogP contribution in [0.25, 0.3) is 0 Å². The van der Waals surface area contributed by atoms with Crippen LogP contribution in [0, 0.1) is 0 Å². The minimum Gasteiger partial charge on any atom is -0.497 e. The van der Waals surface area contributed by atoms with Crippen LogP contribution in [0.15, 0.2) is 92.0 Å². The Balaban J connectivity index is 2.26. The van der Waals surface area contributed by atoms with Gasteiger partial charge in [0.25, 0.3) is 0 Å². The average molecular weight is 637 g/mol. The van der Waals surface area contributed by atoms with E-state index in [1.807, 2.05) is 4.90 Å². The summed E-state index contributed by atoms with van der Waals surface area (Å²) in [5, 5.41) is 3.20. The molecular weight excluding hydrogens is 602 g/mol. The van der Waals surface area contributed by atoms with Crippen molar-refractivity contribution in [2.45, 2.75) is 30.5 Å². The zero-order chi connectivity index (χ0) is 33.4. The predicted octanol–water partition coefficient (Wildman–Crippen LogP) is 7.38. The Morgan fingerprint density at radius 1 is 0.756 bits per heavy atom. The molecule has 6 nitrogen and oxygen atoms in total. The first-order chi connectivity index (χ1) is 21.3. The van der Waals surface area contributed by atoms with E-state index in [0.717, 1.165) is 24.3 Å². The minimum absolute atomic E-state index is 0.261. The highest BCUT2D eigenvalue weighted by Gasteiger charge is 2.38. The lowest BCUT2D eigenvalue weighted by molar-refractivity contribution is -0.145. The summed E-state index contributed by atoms with van der Waals surface area (Å²) in [4.78, 5) is 15.4. The van der Waals surface area contributed by atoms with Gasteiger partial charge in [-0.2, -0.15) is 26.3 Å². The summed E-state index contributed by atoms with van der Waals surface area (Å²) in [5.74, 6) is 0.0815. The number of nitrogens with zero attached hydrogens (tertiary/aromatic N) is 1. The van der Waals surface area contributed by atoms with Crippen molar-refractivity contribution in [1.29, 1.82) is 0 Å². The number of rotatable bonds is 14. The van der Waals surface area contributed by atoms with E-state index in [1.165, 1.54) is 45.6 Å². The summed E-state index contributed by atoms with van der Waals surface area (Å²) >= 11 is 0. The first-order valence-corrected chi connectivity index (χ1v) is 13.6. The molecule has 0 saturated carbocycles. The molecule has 0 aromatic heterocycles. The number of methoxy groups -OCH3 is 3. The van der Waals surface area contributed by atoms with E-state index in [0.29, 0.717) is 17.1 Å². The van der Waals surface area contributed by atoms with E-state index >= 15 is 0 Å². The average Bonchev–Trinajstić information content (AvgIpc) is 3.01. The Kier molecular flexibility index (Phi) is 11.8. The largest absolute Gasteiger partial charge is 0.497 e. The third-order valence-corrected chi connectivity index (χ3v) is 7.10. The summed E-state index contributed by atoms with van der Waals surface area (Å²) < 4.78 is 96.4. The van der Waals surface area contributed by atoms with Crippen LogP contribution in [-0.4, -0.2) is 51.3 Å². The smallest absolute Gasteiger partial charge is 0.416 e. The van der Waals surface area contributed by atoms with Gasteiger partial charge in [-0.05, 0) is 53.1 Å². The molecule has 1 N–H and O–H groups in total. The molecule has 0 aliphatic heterocycles. The molecule has 0 spiro atoms. The molecule has 2 atom stereocenters. The molecule has 0 amide bonds. The standard InChI is InChI=1S/C33H34F6N2O4/c1-6-16-41(17-7-2)30(23-18-26(43-3)20-27(19-23)44-4)29(31(42)45-5)40-28(21-8-12-24(13-9-21)32(34,35)36)22-10-14-25(15-11-22)33(37,38)39/h6-15,18-20,28-30,40H,1-2,16-17H2,3-5H3/t29-,30-/m0/s1. The summed E-state index contributed by atoms with van der Waals surface area (Å²) in [5.41, 5.74) is -0.760. The zero-order valence-electron chi connectivity index (χ0n) is 24.9. The van der Waals surface area contributed by atoms with E-state index in [-0.39, 0.29) is 24.2 Å². The summed E-state index contributed by atoms with van der Waals surface area (Å²) in [6.45, 7) is 8.16. The Labute approximate surface area is 257 Å². The lowest BCUT2D eigenvalue weighted by Gasteiger charge is -2.37. The van der Waals surface area contributed by atoms with Crippen LogP contribution in [-0.2, 0) is 21.9 Å². The van der Waals surface area contributed by atoms with Crippen LogP contribution >= 0.6 is 0 Å². The molecule has 0 heterocycles. The maximum Gasteiger partial charge on any atom is 0.416 e. The molecule has 12 heteroatoms. The first-order valence-electron chi connectivity index (χ1n) is 13.6. The second kappa shape index (κ2) is 15.1. The molecule has 0 saturated heterocycles. The van der Waals surface area contributed by atoms with Crippen molar-refractivity contribution in [3.8, 4) is 11.5 Å². The van der Waals surface area contributed by atoms with Gasteiger partial charge in [-0.3, -0.25) is 15.0 Å². The molecule has 0 unspecified atom stereocenters. The normalized spacial score (nSPS) is 13.3. The van der Waals surface area contributed by atoms with Crippen molar-refractivity contribution in [3.63, 3.8) is 0 Å². The Morgan fingerprint density at radius 3 is 1.51 bits per heavy atom. The minimum atomic E-state index is -4.61. The van der Waals surface area contributed by atoms with Gasteiger partial charge in [-0.15, -0.1) is 13.2 Å². The lowest BCUT2D eigenvalue weighted by atomic mass is 9.91. The van der Waals surface area contributed by atoms with Crippen LogP contribution in [0.2, 0.25) is 0 Å². The first kappa shape index (κ1) is 35.2. The molecular formula is C33H34F6N2O4. The number of hydrogen-bond acceptors (Lipinski definition) is 6. The molecule has 45 heavy (non-hydrogen) atoms. The van der Waals surface area contributed by atoms with Crippen molar-refractivity contribution in [2.24, 2.45) is 0 Å². The van der Waals surface area contributed by atoms with Gasteiger partial charge >= 0.3 is 18.3 Å². The number of carbonyl (C=O) groups excluding carboxylic acids is 1. The van der Waals surface area contributed by atoms with Crippen LogP contribution in [0.5, 0.6) is 11.5 Å². The molecule has 0 bridgehead atoms. The van der Waals surface area contributed by atoms with Gasteiger partial charge < -0.3 is 14.2 Å². The fraction of sp³-hybridized carbons (Fsp3) is 0.303. The van der Waals surface area contributed by atoms with Crippen LogP contribution in [0.4, 0.5) is 26.3 Å². The fourth-order valence-electron chi connectivity index (χ4n) is 4.96. The topological polar surface area (TPSA) is 60.0 Å². The van der Waals surface area contributed by atoms with Crippen molar-refractivity contribution in [2.75, 3.05) is 34.4 Å². The van der Waals surface area contributed by atoms with Gasteiger partial charge in [0, 0.05) is 19.2 Å². The van der Waals surface area contributed by atoms with E-state index in [4.69, 9.17) is 14.2 Å². The second-order valence-electron chi connectivity index (χ2n) is 9.96. The molecule has 3 aromatic carbocycles. The number of ether oxygens (including phenoxy) is 3. The summed E-state index contributed by atoms with van der Waals surface area (Å²) in [6.07, 6.45) is -6.00. The zero-order valence-corrected chi connectivity index (χ0v) is 24.9. The number of benzene rings is 3. The van der Waals surface area contributed by atoms with E-state index in [1.54, 1.807) is 30.4 Å². The predicted molar refractivity (Wildman–Crippen MR) is 158 cm³/mol. The SMILES string of the molecule is C=CCN(CC=C)[C@@H](c1cc(OC)cc(OC)c1)[C@H](NC(c1ccc(C(F)(F)F)cc1)c1ccc(C(F)(F)F)cc1)C(=O)OC. The maximum absolute atomic E-state index is 13.6. The summed E-state index contributed by atoms with van der Waals surface area (Å²) in [6, 6.07) is 10.2. The van der Waals surface area contributed by atoms with Crippen LogP contribution in [0.3, 0.4) is 0 Å². The third kappa shape index (κ3) is 8.89. The Hall–Kier alpha value is -4.29. The Bertz CT molecular complexity index is 1350. The van der Waals surface area contributed by atoms with Gasteiger partial charge in [0.2, 0.25) is 0 Å². The van der Waals surface area contributed by atoms with Gasteiger partial charge in [0.05, 0.1) is 44.5 Å². The van der Waals surface area contributed by atoms with Crippen molar-refractivity contribution in [3.05, 3.63) is 120 Å². The molecule has 0 aliphatic carbocycles. The number of carbonyl (C=O) groups is 1. The quantitative estimate of drug-likeness (QED) is 0.113. The van der Waals surface area contributed by atoms with E-state index in [2.05, 4.69) is 18.5 Å². The fourth-order valence-corrected chi connectivity index (χ4v) is 4.96. The monoisotopic (exact) mass is 636 g/mol. The van der Waals surface area contributed by atoms with Gasteiger partial charge in [-0.1, -0.05) is 36.4 Å². The van der Waals surface area contributed by atoms with E-state index in [9.17, 15) is 31.1 Å². The van der Waals surface area contributed by atoms with Crippen molar-refractivity contribution in [1.82, 2.24) is 10.2 Å². The van der Waals surface area contributed by atoms with E-state index < -0.39 is 47.6 Å². The maximum atomic E-state index is 13.6. The van der Waals surface area contributed by atoms with Crippen molar-refractivity contribution >= 4 is 5.97 Å². The number of hydrogen-bond donors (Lipinski definition) is 1. The highest BCUT2D eigenvalue weighted by Crippen LogP contribution is 2.36. The number of nitrogens with one attached hydrogen (secondary N) is 1. The molecule has 242 valence electrons. The Morgan fingerprint density at radius 2 is 1.18 bits per heavy atom. The van der Waals surface area contributed by atoms with Gasteiger partial charge in [-0.25, -0.2) is 0 Å². The lowest BCUT2D eigenvalue weighted by Crippen LogP contribution is -2.50. The molecule has 0 radical (unpaired) electrons. The van der Waals surface area contributed by atoms with Crippen LogP contribution in [0.1, 0.15) is 39.9 Å². The van der Waals surface area contributed by atoms with Gasteiger partial charge in [0.1, 0.15) is 17.5 Å². The highest BCUT2D eigenvalue weighted by molar-refractivity contribution is 5.77. The highest BCUT2D eigenvalue weighted by atomic mass is 19.4. The van der Waals surface area contributed by atoms with Gasteiger partial charge in [0.15, 0.2) is 0 Å².